The Morgan fingerprint density at radius 3 is 2.23 bits per heavy atom. The van der Waals surface area contributed by atoms with Crippen LogP contribution in [0.5, 0.6) is 0 Å². The van der Waals surface area contributed by atoms with Crippen molar-refractivity contribution in [2.45, 2.75) is 20.8 Å². The predicted molar refractivity (Wildman–Crippen MR) is 122 cm³/mol. The summed E-state index contributed by atoms with van der Waals surface area (Å²) < 4.78 is 26.9. The molecule has 0 spiro atoms. The van der Waals surface area contributed by atoms with Crippen LogP contribution in [0, 0.1) is 20.8 Å². The summed E-state index contributed by atoms with van der Waals surface area (Å²) in [7, 11) is -3.44. The van der Waals surface area contributed by atoms with Crippen molar-refractivity contribution in [3.63, 3.8) is 0 Å². The summed E-state index contributed by atoms with van der Waals surface area (Å²) in [5.41, 5.74) is 4.42. The largest absolute Gasteiger partial charge is 0.368 e. The summed E-state index contributed by atoms with van der Waals surface area (Å²) in [6.07, 6.45) is 0. The molecule has 1 aliphatic heterocycles. The van der Waals surface area contributed by atoms with E-state index in [-0.39, 0.29) is 18.2 Å². The lowest BCUT2D eigenvalue weighted by Gasteiger charge is -2.35. The van der Waals surface area contributed by atoms with Crippen LogP contribution < -0.4 is 10.2 Å². The van der Waals surface area contributed by atoms with Gasteiger partial charge in [0.2, 0.25) is 10.0 Å². The number of sulfonamides is 1. The van der Waals surface area contributed by atoms with Gasteiger partial charge in [-0.2, -0.15) is 4.31 Å². The number of carbonyl (C=O) groups excluding carboxylic acids is 1. The molecule has 6 nitrogen and oxygen atoms in total. The van der Waals surface area contributed by atoms with Gasteiger partial charge in [-0.05, 0) is 44.0 Å². The average molecular weight is 450 g/mol. The van der Waals surface area contributed by atoms with Crippen molar-refractivity contribution < 1.29 is 13.2 Å². The van der Waals surface area contributed by atoms with Crippen molar-refractivity contribution in [3.05, 3.63) is 63.7 Å². The number of hydrogen-bond acceptors (Lipinski definition) is 4. The number of halogens is 1. The number of para-hydroxylation sites is 1. The van der Waals surface area contributed by atoms with E-state index in [4.69, 9.17) is 11.6 Å². The summed E-state index contributed by atoms with van der Waals surface area (Å²) in [6, 6.07) is 11.5. The Hall–Kier alpha value is -2.09. The van der Waals surface area contributed by atoms with Crippen molar-refractivity contribution in [2.75, 3.05) is 43.4 Å². The molecule has 0 unspecified atom stereocenters. The van der Waals surface area contributed by atoms with E-state index in [1.54, 1.807) is 0 Å². The zero-order chi connectivity index (χ0) is 21.9. The molecule has 1 amide bonds. The molecule has 0 bridgehead atoms. The van der Waals surface area contributed by atoms with E-state index < -0.39 is 10.0 Å². The fourth-order valence-corrected chi connectivity index (χ4v) is 5.56. The van der Waals surface area contributed by atoms with Crippen LogP contribution in [0.1, 0.15) is 27.0 Å². The number of benzene rings is 2. The first-order valence-corrected chi connectivity index (χ1v) is 12.0. The molecule has 1 aliphatic rings. The molecule has 3 rings (SSSR count). The van der Waals surface area contributed by atoms with Crippen molar-refractivity contribution >= 4 is 33.2 Å². The number of rotatable bonds is 6. The van der Waals surface area contributed by atoms with E-state index in [0.717, 1.165) is 22.4 Å². The van der Waals surface area contributed by atoms with Crippen molar-refractivity contribution in [3.8, 4) is 0 Å². The Labute approximate surface area is 183 Å². The third kappa shape index (κ3) is 5.14. The molecule has 1 fully saturated rings. The van der Waals surface area contributed by atoms with Crippen LogP contribution in [0.4, 0.5) is 5.69 Å². The van der Waals surface area contributed by atoms with Crippen molar-refractivity contribution in [1.29, 1.82) is 0 Å². The van der Waals surface area contributed by atoms with Crippen LogP contribution in [0.25, 0.3) is 0 Å². The Kier molecular flexibility index (Phi) is 7.06. The van der Waals surface area contributed by atoms with Gasteiger partial charge in [-0.3, -0.25) is 4.79 Å². The molecule has 162 valence electrons. The fourth-order valence-electron chi connectivity index (χ4n) is 3.96. The summed E-state index contributed by atoms with van der Waals surface area (Å²) in [5, 5.41) is 3.43. The number of piperazine rings is 1. The van der Waals surface area contributed by atoms with E-state index in [1.165, 1.54) is 4.31 Å². The van der Waals surface area contributed by atoms with Crippen LogP contribution >= 0.6 is 11.6 Å². The molecule has 2 aromatic carbocycles. The SMILES string of the molecule is Cc1cc(C)c(C(=O)NCCS(=O)(=O)N2CCN(c3ccccc3Cl)CC2)c(C)c1. The maximum absolute atomic E-state index is 12.7. The van der Waals surface area contributed by atoms with Gasteiger partial charge in [0.1, 0.15) is 0 Å². The zero-order valence-corrected chi connectivity index (χ0v) is 19.2. The van der Waals surface area contributed by atoms with Gasteiger partial charge in [-0.25, -0.2) is 8.42 Å². The second-order valence-corrected chi connectivity index (χ2v) is 10.2. The molecule has 0 aliphatic carbocycles. The summed E-state index contributed by atoms with van der Waals surface area (Å²) in [5.74, 6) is -0.349. The molecule has 8 heteroatoms. The summed E-state index contributed by atoms with van der Waals surface area (Å²) >= 11 is 6.25. The summed E-state index contributed by atoms with van der Waals surface area (Å²) in [6.45, 7) is 7.82. The minimum absolute atomic E-state index is 0.0820. The van der Waals surface area contributed by atoms with Crippen molar-refractivity contribution in [1.82, 2.24) is 9.62 Å². The lowest BCUT2D eigenvalue weighted by molar-refractivity contribution is 0.0955. The topological polar surface area (TPSA) is 69.7 Å². The molecule has 30 heavy (non-hydrogen) atoms. The van der Waals surface area contributed by atoms with Gasteiger partial charge in [-0.15, -0.1) is 0 Å². The number of anilines is 1. The number of hydrogen-bond donors (Lipinski definition) is 1. The Balaban J connectivity index is 1.54. The molecule has 0 atom stereocenters. The van der Waals surface area contributed by atoms with Gasteiger partial charge >= 0.3 is 0 Å². The predicted octanol–water partition coefficient (Wildman–Crippen LogP) is 3.15. The second-order valence-electron chi connectivity index (χ2n) is 7.68. The van der Waals surface area contributed by atoms with E-state index >= 15 is 0 Å². The Morgan fingerprint density at radius 1 is 1.03 bits per heavy atom. The highest BCUT2D eigenvalue weighted by molar-refractivity contribution is 7.89. The first kappa shape index (κ1) is 22.6. The van der Waals surface area contributed by atoms with Gasteiger partial charge < -0.3 is 10.2 Å². The maximum Gasteiger partial charge on any atom is 0.251 e. The monoisotopic (exact) mass is 449 g/mol. The highest BCUT2D eigenvalue weighted by Crippen LogP contribution is 2.26. The van der Waals surface area contributed by atoms with Crippen molar-refractivity contribution in [2.24, 2.45) is 0 Å². The van der Waals surface area contributed by atoms with Crippen LogP contribution in [-0.4, -0.2) is 57.1 Å². The van der Waals surface area contributed by atoms with E-state index in [0.29, 0.717) is 36.8 Å². The fraction of sp³-hybridized carbons (Fsp3) is 0.409. The third-order valence-corrected chi connectivity index (χ3v) is 7.57. The molecule has 0 aromatic heterocycles. The van der Waals surface area contributed by atoms with E-state index in [9.17, 15) is 13.2 Å². The molecular weight excluding hydrogens is 422 g/mol. The quantitative estimate of drug-likeness (QED) is 0.735. The van der Waals surface area contributed by atoms with Crippen LogP contribution in [-0.2, 0) is 10.0 Å². The Morgan fingerprint density at radius 2 is 1.63 bits per heavy atom. The highest BCUT2D eigenvalue weighted by atomic mass is 35.5. The molecule has 1 N–H and O–H groups in total. The number of carbonyl (C=O) groups is 1. The van der Waals surface area contributed by atoms with Gasteiger partial charge in [0, 0.05) is 38.3 Å². The van der Waals surface area contributed by atoms with Gasteiger partial charge in [0.05, 0.1) is 16.5 Å². The van der Waals surface area contributed by atoms with Gasteiger partial charge in [0.15, 0.2) is 0 Å². The minimum atomic E-state index is -3.44. The van der Waals surface area contributed by atoms with Crippen LogP contribution in [0.15, 0.2) is 36.4 Å². The van der Waals surface area contributed by atoms with Crippen LogP contribution in [0.3, 0.4) is 0 Å². The lowest BCUT2D eigenvalue weighted by atomic mass is 9.99. The smallest absolute Gasteiger partial charge is 0.251 e. The molecule has 1 heterocycles. The molecule has 1 saturated heterocycles. The third-order valence-electron chi connectivity index (χ3n) is 5.37. The Bertz CT molecular complexity index is 1010. The highest BCUT2D eigenvalue weighted by Gasteiger charge is 2.27. The van der Waals surface area contributed by atoms with Gasteiger partial charge in [0.25, 0.3) is 5.91 Å². The van der Waals surface area contributed by atoms with E-state index in [2.05, 4.69) is 10.2 Å². The van der Waals surface area contributed by atoms with Crippen LogP contribution in [0.2, 0.25) is 5.02 Å². The first-order chi connectivity index (χ1) is 14.2. The summed E-state index contributed by atoms with van der Waals surface area (Å²) in [4.78, 5) is 14.6. The maximum atomic E-state index is 12.7. The molecule has 0 saturated carbocycles. The number of aryl methyl sites for hydroxylation is 3. The number of nitrogens with zero attached hydrogens (tertiary/aromatic N) is 2. The normalized spacial score (nSPS) is 15.3. The first-order valence-electron chi connectivity index (χ1n) is 10.0. The zero-order valence-electron chi connectivity index (χ0n) is 17.6. The lowest BCUT2D eigenvalue weighted by Crippen LogP contribution is -2.50. The van der Waals surface area contributed by atoms with E-state index in [1.807, 2.05) is 57.2 Å². The average Bonchev–Trinajstić information content (AvgIpc) is 2.67. The van der Waals surface area contributed by atoms with Gasteiger partial charge in [-0.1, -0.05) is 41.4 Å². The molecule has 0 radical (unpaired) electrons. The number of amides is 1. The molecular formula is C22H28ClN3O3S. The second kappa shape index (κ2) is 9.37. The number of nitrogens with one attached hydrogen (secondary N) is 1. The standard InChI is InChI=1S/C22H28ClN3O3S/c1-16-14-17(2)21(18(3)15-16)22(27)24-8-13-30(28,29)26-11-9-25(10-12-26)20-7-5-4-6-19(20)23/h4-7,14-15H,8-13H2,1-3H3,(H,24,27). The molecule has 2 aromatic rings. The minimum Gasteiger partial charge on any atom is -0.368 e.